The minimum atomic E-state index is -0.575. The molecular formula is C20H26O5. The molecule has 0 aliphatic carbocycles. The van der Waals surface area contributed by atoms with Crippen molar-refractivity contribution in [2.75, 3.05) is 13.7 Å². The molecule has 5 heteroatoms. The minimum Gasteiger partial charge on any atom is -0.492 e. The second-order valence-corrected chi connectivity index (χ2v) is 6.62. The van der Waals surface area contributed by atoms with Crippen LogP contribution in [0.1, 0.15) is 40.5 Å². The van der Waals surface area contributed by atoms with Crippen LogP contribution in [-0.2, 0) is 0 Å². The van der Waals surface area contributed by atoms with E-state index in [4.69, 9.17) is 18.6 Å². The number of rotatable bonds is 7. The molecule has 0 saturated carbocycles. The summed E-state index contributed by atoms with van der Waals surface area (Å²) in [6, 6.07) is 5.42. The lowest BCUT2D eigenvalue weighted by Gasteiger charge is -2.22. The molecule has 136 valence electrons. The zero-order chi connectivity index (χ0) is 18.4. The Balaban J connectivity index is 2.43. The number of fused-ring (bicyclic) bond motifs is 1. The minimum absolute atomic E-state index is 0.0906. The Kier molecular flexibility index (Phi) is 6.12. The van der Waals surface area contributed by atoms with Gasteiger partial charge in [-0.1, -0.05) is 25.1 Å². The fourth-order valence-corrected chi connectivity index (χ4v) is 2.40. The summed E-state index contributed by atoms with van der Waals surface area (Å²) in [6.07, 6.45) is 5.75. The molecule has 0 fully saturated rings. The molecule has 0 spiro atoms. The third kappa shape index (κ3) is 4.78. The van der Waals surface area contributed by atoms with Gasteiger partial charge in [0.05, 0.1) is 19.1 Å². The van der Waals surface area contributed by atoms with E-state index in [9.17, 15) is 4.79 Å². The molecule has 0 saturated heterocycles. The number of para-hydroxylation sites is 1. The summed E-state index contributed by atoms with van der Waals surface area (Å²) in [5.74, 6) is 0.954. The summed E-state index contributed by atoms with van der Waals surface area (Å²) in [5.41, 5.74) is -0.632. The van der Waals surface area contributed by atoms with Gasteiger partial charge in [-0.15, -0.1) is 0 Å². The highest BCUT2D eigenvalue weighted by Gasteiger charge is 2.21. The van der Waals surface area contributed by atoms with Gasteiger partial charge in [0.2, 0.25) is 5.75 Å². The van der Waals surface area contributed by atoms with Crippen LogP contribution in [0.5, 0.6) is 17.2 Å². The molecule has 0 atom stereocenters. The predicted molar refractivity (Wildman–Crippen MR) is 99.0 cm³/mol. The highest BCUT2D eigenvalue weighted by atomic mass is 16.5. The van der Waals surface area contributed by atoms with Crippen molar-refractivity contribution in [2.24, 2.45) is 0 Å². The van der Waals surface area contributed by atoms with Crippen LogP contribution in [-0.4, -0.2) is 19.3 Å². The molecule has 2 aromatic rings. The van der Waals surface area contributed by atoms with Gasteiger partial charge in [-0.2, -0.15) is 0 Å². The van der Waals surface area contributed by atoms with Crippen LogP contribution < -0.4 is 19.8 Å². The molecule has 5 nitrogen and oxygen atoms in total. The Morgan fingerprint density at radius 1 is 1.16 bits per heavy atom. The third-order valence-electron chi connectivity index (χ3n) is 3.36. The normalized spacial score (nSPS) is 11.9. The fourth-order valence-electron chi connectivity index (χ4n) is 2.40. The van der Waals surface area contributed by atoms with Crippen molar-refractivity contribution in [2.45, 2.75) is 46.1 Å². The molecule has 25 heavy (non-hydrogen) atoms. The Hall–Kier alpha value is -2.43. The first-order valence-electron chi connectivity index (χ1n) is 8.48. The average Bonchev–Trinajstić information content (AvgIpc) is 2.54. The number of benzene rings is 1. The molecule has 0 aliphatic rings. The molecule has 2 rings (SSSR count). The van der Waals surface area contributed by atoms with Gasteiger partial charge in [0.15, 0.2) is 17.1 Å². The van der Waals surface area contributed by atoms with E-state index in [2.05, 4.69) is 13.0 Å². The lowest BCUT2D eigenvalue weighted by Crippen LogP contribution is -2.23. The van der Waals surface area contributed by atoms with Gasteiger partial charge in [-0.25, -0.2) is 4.79 Å². The molecule has 1 aromatic heterocycles. The average molecular weight is 346 g/mol. The first-order chi connectivity index (χ1) is 11.9. The molecule has 1 aromatic carbocycles. The van der Waals surface area contributed by atoms with Crippen molar-refractivity contribution in [1.82, 2.24) is 0 Å². The zero-order valence-corrected chi connectivity index (χ0v) is 15.5. The first-order valence-corrected chi connectivity index (χ1v) is 8.48. The highest BCUT2D eigenvalue weighted by molar-refractivity contribution is 5.89. The van der Waals surface area contributed by atoms with E-state index >= 15 is 0 Å². The molecule has 1 heterocycles. The van der Waals surface area contributed by atoms with Crippen molar-refractivity contribution < 1.29 is 18.6 Å². The Morgan fingerprint density at radius 3 is 2.56 bits per heavy atom. The molecular weight excluding hydrogens is 320 g/mol. The summed E-state index contributed by atoms with van der Waals surface area (Å²) < 4.78 is 22.5. The van der Waals surface area contributed by atoms with Crippen LogP contribution in [0.25, 0.3) is 11.0 Å². The summed E-state index contributed by atoms with van der Waals surface area (Å²) in [4.78, 5) is 12.4. The van der Waals surface area contributed by atoms with Gasteiger partial charge in [-0.05, 0) is 45.7 Å². The van der Waals surface area contributed by atoms with Crippen molar-refractivity contribution in [3.8, 4) is 17.2 Å². The maximum Gasteiger partial charge on any atom is 0.383 e. The lowest BCUT2D eigenvalue weighted by atomic mass is 10.1. The Bertz CT molecular complexity index is 796. The van der Waals surface area contributed by atoms with Gasteiger partial charge in [-0.3, -0.25) is 0 Å². The smallest absolute Gasteiger partial charge is 0.383 e. The lowest BCUT2D eigenvalue weighted by molar-refractivity contribution is 0.131. The van der Waals surface area contributed by atoms with Crippen LogP contribution >= 0.6 is 0 Å². The zero-order valence-electron chi connectivity index (χ0n) is 15.5. The number of hydrogen-bond donors (Lipinski definition) is 0. The molecule has 0 bridgehead atoms. The Labute approximate surface area is 148 Å². The van der Waals surface area contributed by atoms with E-state index in [-0.39, 0.29) is 5.75 Å². The summed E-state index contributed by atoms with van der Waals surface area (Å²) in [5, 5.41) is 0.642. The third-order valence-corrected chi connectivity index (χ3v) is 3.36. The molecule has 0 amide bonds. The van der Waals surface area contributed by atoms with Crippen molar-refractivity contribution in [3.05, 3.63) is 40.8 Å². The van der Waals surface area contributed by atoms with Crippen LogP contribution in [0.15, 0.2) is 39.6 Å². The monoisotopic (exact) mass is 346 g/mol. The van der Waals surface area contributed by atoms with Gasteiger partial charge in [0.25, 0.3) is 0 Å². The molecule has 0 aliphatic heterocycles. The van der Waals surface area contributed by atoms with Crippen LogP contribution in [0, 0.1) is 0 Å². The van der Waals surface area contributed by atoms with Gasteiger partial charge in [0, 0.05) is 0 Å². The second-order valence-electron chi connectivity index (χ2n) is 6.62. The predicted octanol–water partition coefficient (Wildman–Crippen LogP) is 4.71. The molecule has 0 N–H and O–H groups in total. The van der Waals surface area contributed by atoms with E-state index < -0.39 is 11.2 Å². The second kappa shape index (κ2) is 8.10. The van der Waals surface area contributed by atoms with Crippen molar-refractivity contribution in [1.29, 1.82) is 0 Å². The van der Waals surface area contributed by atoms with E-state index in [0.717, 1.165) is 6.42 Å². The first kappa shape index (κ1) is 18.9. The maximum atomic E-state index is 12.4. The molecule has 0 unspecified atom stereocenters. The molecule has 0 radical (unpaired) electrons. The van der Waals surface area contributed by atoms with Crippen molar-refractivity contribution >= 4 is 11.0 Å². The summed E-state index contributed by atoms with van der Waals surface area (Å²) >= 11 is 0. The standard InChI is InChI=1S/C20H26O5/c1-6-7-8-9-13-23-18-17(22-5)14-11-10-12-15(25-20(2,3)4)16(14)24-19(18)21/h7-8,10-12H,6,9,13H2,1-5H3. The Morgan fingerprint density at radius 2 is 1.92 bits per heavy atom. The van der Waals surface area contributed by atoms with Crippen molar-refractivity contribution in [3.63, 3.8) is 0 Å². The summed E-state index contributed by atoms with van der Waals surface area (Å²) in [7, 11) is 1.51. The number of allylic oxidation sites excluding steroid dienone is 1. The van der Waals surface area contributed by atoms with E-state index in [1.165, 1.54) is 7.11 Å². The van der Waals surface area contributed by atoms with Gasteiger partial charge in [0.1, 0.15) is 5.60 Å². The van der Waals surface area contributed by atoms with Crippen LogP contribution in [0.3, 0.4) is 0 Å². The van der Waals surface area contributed by atoms with Gasteiger partial charge < -0.3 is 18.6 Å². The van der Waals surface area contributed by atoms with E-state index in [1.807, 2.05) is 39.0 Å². The van der Waals surface area contributed by atoms with E-state index in [1.54, 1.807) is 6.07 Å². The van der Waals surface area contributed by atoms with Crippen LogP contribution in [0.2, 0.25) is 0 Å². The number of hydrogen-bond acceptors (Lipinski definition) is 5. The summed E-state index contributed by atoms with van der Waals surface area (Å²) in [6.45, 7) is 8.24. The maximum absolute atomic E-state index is 12.4. The SMILES string of the molecule is CCC=CCCOc1c(OC)c2cccc(OC(C)(C)C)c2oc1=O. The topological polar surface area (TPSA) is 57.9 Å². The van der Waals surface area contributed by atoms with Gasteiger partial charge >= 0.3 is 5.63 Å². The highest BCUT2D eigenvalue weighted by Crippen LogP contribution is 2.37. The number of methoxy groups -OCH3 is 1. The quantitative estimate of drug-likeness (QED) is 0.413. The van der Waals surface area contributed by atoms with E-state index in [0.29, 0.717) is 35.5 Å². The largest absolute Gasteiger partial charge is 0.492 e. The van der Waals surface area contributed by atoms with Crippen LogP contribution in [0.4, 0.5) is 0 Å². The fraction of sp³-hybridized carbons (Fsp3) is 0.450. The number of ether oxygens (including phenoxy) is 3.